The molecule has 0 saturated heterocycles. The van der Waals surface area contributed by atoms with Crippen molar-refractivity contribution in [1.29, 1.82) is 0 Å². The summed E-state index contributed by atoms with van der Waals surface area (Å²) in [5, 5.41) is 14.2. The van der Waals surface area contributed by atoms with Crippen molar-refractivity contribution in [1.82, 2.24) is 34.3 Å². The quantitative estimate of drug-likeness (QED) is 0.466. The number of aromatic nitrogens is 7. The Bertz CT molecular complexity index is 1320. The van der Waals surface area contributed by atoms with E-state index in [9.17, 15) is 4.79 Å². The van der Waals surface area contributed by atoms with Crippen LogP contribution in [0.5, 0.6) is 0 Å². The summed E-state index contributed by atoms with van der Waals surface area (Å²) in [5.74, 6) is 0. The molecule has 0 N–H and O–H groups in total. The van der Waals surface area contributed by atoms with E-state index in [-0.39, 0.29) is 5.56 Å². The van der Waals surface area contributed by atoms with Gasteiger partial charge in [-0.05, 0) is 18.2 Å². The summed E-state index contributed by atoms with van der Waals surface area (Å²) in [5.41, 5.74) is 2.68. The van der Waals surface area contributed by atoms with Gasteiger partial charge in [0, 0.05) is 29.0 Å². The second-order valence-electron chi connectivity index (χ2n) is 6.64. The van der Waals surface area contributed by atoms with E-state index in [0.29, 0.717) is 18.5 Å². The molecule has 2 aromatic carbocycles. The van der Waals surface area contributed by atoms with Gasteiger partial charge in [-0.15, -0.1) is 5.10 Å². The third-order valence-corrected chi connectivity index (χ3v) is 4.81. The maximum absolute atomic E-state index is 12.6. The highest BCUT2D eigenvalue weighted by molar-refractivity contribution is 5.80. The third-order valence-electron chi connectivity index (χ3n) is 4.81. The highest BCUT2D eigenvalue weighted by Gasteiger charge is 2.07. The standard InChI is InChI=1S/C21H17N7O/c29-21-19-4-2-1-3-17(19)13-23-28(21)12-11-27-14-20(24-25-27)16-5-7-18(8-6-16)26-10-9-22-15-26/h1-10,13-15H,11-12H2. The van der Waals surface area contributed by atoms with Crippen LogP contribution < -0.4 is 5.56 Å². The molecule has 0 bridgehead atoms. The van der Waals surface area contributed by atoms with Gasteiger partial charge in [-0.25, -0.2) is 9.67 Å². The molecule has 0 amide bonds. The number of imidazole rings is 1. The number of hydrogen-bond acceptors (Lipinski definition) is 5. The highest BCUT2D eigenvalue weighted by Crippen LogP contribution is 2.18. The molecule has 0 fully saturated rings. The molecule has 0 radical (unpaired) electrons. The maximum Gasteiger partial charge on any atom is 0.274 e. The van der Waals surface area contributed by atoms with Crippen LogP contribution in [0.25, 0.3) is 27.7 Å². The molecule has 0 aliphatic heterocycles. The van der Waals surface area contributed by atoms with Crippen LogP contribution in [-0.2, 0) is 13.1 Å². The number of rotatable bonds is 5. The molecule has 8 heteroatoms. The highest BCUT2D eigenvalue weighted by atomic mass is 16.1. The summed E-state index contributed by atoms with van der Waals surface area (Å²) < 4.78 is 5.13. The SMILES string of the molecule is O=c1c2ccccc2cnn1CCn1cc(-c2ccc(-n3ccnc3)cc2)nn1. The van der Waals surface area contributed by atoms with Crippen LogP contribution in [-0.4, -0.2) is 34.3 Å². The predicted molar refractivity (Wildman–Crippen MR) is 109 cm³/mol. The van der Waals surface area contributed by atoms with E-state index in [1.54, 1.807) is 23.4 Å². The van der Waals surface area contributed by atoms with E-state index in [1.165, 1.54) is 4.68 Å². The first-order chi connectivity index (χ1) is 14.3. The average molecular weight is 383 g/mol. The Kier molecular flexibility index (Phi) is 4.21. The third kappa shape index (κ3) is 3.31. The minimum absolute atomic E-state index is 0.0986. The Labute approximate surface area is 165 Å². The number of nitrogens with zero attached hydrogens (tertiary/aromatic N) is 7. The first-order valence-electron chi connectivity index (χ1n) is 9.22. The van der Waals surface area contributed by atoms with Gasteiger partial charge in [-0.3, -0.25) is 9.48 Å². The zero-order valence-corrected chi connectivity index (χ0v) is 15.5. The molecule has 8 nitrogen and oxygen atoms in total. The van der Waals surface area contributed by atoms with Gasteiger partial charge in [0.1, 0.15) is 5.69 Å². The smallest absolute Gasteiger partial charge is 0.274 e. The molecule has 0 spiro atoms. The summed E-state index contributed by atoms with van der Waals surface area (Å²) in [4.78, 5) is 16.6. The Morgan fingerprint density at radius 3 is 2.66 bits per heavy atom. The monoisotopic (exact) mass is 383 g/mol. The molecule has 3 heterocycles. The molecule has 5 aromatic rings. The van der Waals surface area contributed by atoms with Gasteiger partial charge in [0.25, 0.3) is 5.56 Å². The number of fused-ring (bicyclic) bond motifs is 1. The molecule has 0 unspecified atom stereocenters. The fourth-order valence-corrected chi connectivity index (χ4v) is 3.24. The molecule has 5 rings (SSSR count). The van der Waals surface area contributed by atoms with E-state index < -0.39 is 0 Å². The summed E-state index contributed by atoms with van der Waals surface area (Å²) in [6, 6.07) is 15.5. The number of hydrogen-bond donors (Lipinski definition) is 0. The summed E-state index contributed by atoms with van der Waals surface area (Å²) >= 11 is 0. The van der Waals surface area contributed by atoms with Crippen molar-refractivity contribution >= 4 is 10.8 Å². The lowest BCUT2D eigenvalue weighted by molar-refractivity contribution is 0.476. The summed E-state index contributed by atoms with van der Waals surface area (Å²) in [6.45, 7) is 0.928. The van der Waals surface area contributed by atoms with Crippen molar-refractivity contribution in [3.05, 3.63) is 90.0 Å². The van der Waals surface area contributed by atoms with E-state index in [4.69, 9.17) is 0 Å². The molecule has 3 aromatic heterocycles. The van der Waals surface area contributed by atoms with E-state index in [0.717, 1.165) is 22.3 Å². The first kappa shape index (κ1) is 17.1. The van der Waals surface area contributed by atoms with Crippen molar-refractivity contribution in [2.24, 2.45) is 0 Å². The van der Waals surface area contributed by atoms with Crippen molar-refractivity contribution in [3.8, 4) is 16.9 Å². The Morgan fingerprint density at radius 2 is 1.83 bits per heavy atom. The summed E-state index contributed by atoms with van der Waals surface area (Å²) in [7, 11) is 0. The van der Waals surface area contributed by atoms with Crippen LogP contribution in [0.4, 0.5) is 0 Å². The molecular formula is C21H17N7O. The number of benzene rings is 2. The Hall–Kier alpha value is -4.07. The van der Waals surface area contributed by atoms with Crippen LogP contribution in [0, 0.1) is 0 Å². The zero-order chi connectivity index (χ0) is 19.6. The molecule has 0 atom stereocenters. The minimum Gasteiger partial charge on any atom is -0.306 e. The molecule has 142 valence electrons. The number of aryl methyl sites for hydroxylation is 2. The van der Waals surface area contributed by atoms with Gasteiger partial charge in [-0.2, -0.15) is 5.10 Å². The average Bonchev–Trinajstić information content (AvgIpc) is 3.46. The van der Waals surface area contributed by atoms with Crippen LogP contribution in [0.1, 0.15) is 0 Å². The van der Waals surface area contributed by atoms with Gasteiger partial charge >= 0.3 is 0 Å². The van der Waals surface area contributed by atoms with Crippen LogP contribution in [0.15, 0.2) is 84.4 Å². The topological polar surface area (TPSA) is 83.4 Å². The molecule has 0 aliphatic rings. The molecule has 0 saturated carbocycles. The Balaban J connectivity index is 1.32. The maximum atomic E-state index is 12.6. The first-order valence-corrected chi connectivity index (χ1v) is 9.22. The van der Waals surface area contributed by atoms with Crippen molar-refractivity contribution < 1.29 is 0 Å². The van der Waals surface area contributed by atoms with Gasteiger partial charge in [-0.1, -0.05) is 35.5 Å². The van der Waals surface area contributed by atoms with Crippen LogP contribution in [0.3, 0.4) is 0 Å². The lowest BCUT2D eigenvalue weighted by atomic mass is 10.1. The second kappa shape index (κ2) is 7.16. The van der Waals surface area contributed by atoms with Gasteiger partial charge in [0.15, 0.2) is 0 Å². The fourth-order valence-electron chi connectivity index (χ4n) is 3.24. The molecule has 29 heavy (non-hydrogen) atoms. The van der Waals surface area contributed by atoms with Crippen molar-refractivity contribution in [3.63, 3.8) is 0 Å². The predicted octanol–water partition coefficient (Wildman–Crippen LogP) is 2.54. The van der Waals surface area contributed by atoms with Gasteiger partial charge in [0.05, 0.1) is 37.2 Å². The van der Waals surface area contributed by atoms with E-state index in [1.807, 2.05) is 65.5 Å². The molecule has 0 aliphatic carbocycles. The van der Waals surface area contributed by atoms with E-state index in [2.05, 4.69) is 20.4 Å². The largest absolute Gasteiger partial charge is 0.306 e. The minimum atomic E-state index is -0.0986. The zero-order valence-electron chi connectivity index (χ0n) is 15.5. The Morgan fingerprint density at radius 1 is 0.966 bits per heavy atom. The second-order valence-corrected chi connectivity index (χ2v) is 6.64. The van der Waals surface area contributed by atoms with Gasteiger partial charge in [0.2, 0.25) is 0 Å². The van der Waals surface area contributed by atoms with Crippen molar-refractivity contribution in [2.45, 2.75) is 13.1 Å². The van der Waals surface area contributed by atoms with Crippen LogP contribution >= 0.6 is 0 Å². The van der Waals surface area contributed by atoms with Gasteiger partial charge < -0.3 is 4.57 Å². The van der Waals surface area contributed by atoms with Crippen molar-refractivity contribution in [2.75, 3.05) is 0 Å². The lowest BCUT2D eigenvalue weighted by Crippen LogP contribution is -2.25. The van der Waals surface area contributed by atoms with Crippen LogP contribution in [0.2, 0.25) is 0 Å². The lowest BCUT2D eigenvalue weighted by Gasteiger charge is -2.05. The van der Waals surface area contributed by atoms with E-state index >= 15 is 0 Å². The normalized spacial score (nSPS) is 11.2. The summed E-state index contributed by atoms with van der Waals surface area (Å²) in [6.07, 6.45) is 8.99. The molecular weight excluding hydrogens is 366 g/mol. The fraction of sp³-hybridized carbons (Fsp3) is 0.0952.